The number of nitrogens with two attached hydrogens (primary N) is 1. The van der Waals surface area contributed by atoms with E-state index in [0.717, 1.165) is 5.56 Å². The molecule has 2 rings (SSSR count). The Labute approximate surface area is 116 Å². The quantitative estimate of drug-likeness (QED) is 0.681. The summed E-state index contributed by atoms with van der Waals surface area (Å²) < 4.78 is 26.2. The van der Waals surface area contributed by atoms with Crippen molar-refractivity contribution in [3.8, 4) is 0 Å². The fourth-order valence-electron chi connectivity index (χ4n) is 2.68. The number of hydrogen-bond acceptors (Lipinski definition) is 3. The van der Waals surface area contributed by atoms with Crippen LogP contribution >= 0.6 is 0 Å². The highest BCUT2D eigenvalue weighted by Crippen LogP contribution is 2.37. The minimum Gasteiger partial charge on any atom is -0.327 e. The predicted molar refractivity (Wildman–Crippen MR) is 71.7 cm³/mol. The number of non-ortho nitro benzene ring substituents is 1. The zero-order chi connectivity index (χ0) is 14.8. The van der Waals surface area contributed by atoms with Gasteiger partial charge in [0.15, 0.2) is 0 Å². The summed E-state index contributed by atoms with van der Waals surface area (Å²) >= 11 is 0. The van der Waals surface area contributed by atoms with E-state index in [0.29, 0.717) is 19.3 Å². The Morgan fingerprint density at radius 1 is 1.30 bits per heavy atom. The van der Waals surface area contributed by atoms with Crippen LogP contribution in [0.1, 0.15) is 31.2 Å². The monoisotopic (exact) mass is 284 g/mol. The number of nitrogens with zero attached hydrogens (tertiary/aromatic N) is 1. The third kappa shape index (κ3) is 3.72. The van der Waals surface area contributed by atoms with Crippen molar-refractivity contribution in [1.29, 1.82) is 0 Å². The van der Waals surface area contributed by atoms with Gasteiger partial charge in [-0.2, -0.15) is 0 Å². The van der Waals surface area contributed by atoms with Gasteiger partial charge in [0.1, 0.15) is 0 Å². The minimum atomic E-state index is -2.54. The second kappa shape index (κ2) is 5.83. The first kappa shape index (κ1) is 14.8. The van der Waals surface area contributed by atoms with E-state index < -0.39 is 10.8 Å². The standard InChI is InChI=1S/C14H18F2N2O2/c15-14(16)7-5-11(6-8-14)13(17)9-10-1-3-12(4-2-10)18(19)20/h1-4,11,13H,5-9,17H2. The van der Waals surface area contributed by atoms with Gasteiger partial charge < -0.3 is 5.73 Å². The summed E-state index contributed by atoms with van der Waals surface area (Å²) in [6.07, 6.45) is 1.27. The van der Waals surface area contributed by atoms with Gasteiger partial charge in [-0.1, -0.05) is 12.1 Å². The first-order chi connectivity index (χ1) is 9.37. The number of benzene rings is 1. The molecule has 1 aliphatic rings. The predicted octanol–water partition coefficient (Wildman–Crippen LogP) is 3.29. The third-order valence-corrected chi connectivity index (χ3v) is 3.99. The number of alkyl halides is 2. The molecule has 1 unspecified atom stereocenters. The number of hydrogen-bond donors (Lipinski definition) is 1. The van der Waals surface area contributed by atoms with E-state index >= 15 is 0 Å². The van der Waals surface area contributed by atoms with Crippen molar-refractivity contribution in [1.82, 2.24) is 0 Å². The van der Waals surface area contributed by atoms with Gasteiger partial charge in [0.05, 0.1) is 4.92 Å². The van der Waals surface area contributed by atoms with E-state index in [9.17, 15) is 18.9 Å². The lowest BCUT2D eigenvalue weighted by Crippen LogP contribution is -2.37. The largest absolute Gasteiger partial charge is 0.327 e. The summed E-state index contributed by atoms with van der Waals surface area (Å²) in [7, 11) is 0. The lowest BCUT2D eigenvalue weighted by Gasteiger charge is -2.32. The van der Waals surface area contributed by atoms with Crippen molar-refractivity contribution in [2.75, 3.05) is 0 Å². The van der Waals surface area contributed by atoms with Crippen LogP contribution in [0.3, 0.4) is 0 Å². The number of nitro groups is 1. The molecule has 0 aliphatic heterocycles. The van der Waals surface area contributed by atoms with Crippen LogP contribution in [-0.2, 0) is 6.42 Å². The van der Waals surface area contributed by atoms with Crippen LogP contribution in [0.5, 0.6) is 0 Å². The summed E-state index contributed by atoms with van der Waals surface area (Å²) in [5, 5.41) is 10.6. The van der Waals surface area contributed by atoms with Gasteiger partial charge in [-0.3, -0.25) is 10.1 Å². The summed E-state index contributed by atoms with van der Waals surface area (Å²) in [6.45, 7) is 0. The molecule has 0 spiro atoms. The lowest BCUT2D eigenvalue weighted by atomic mass is 9.80. The molecule has 1 aliphatic carbocycles. The Morgan fingerprint density at radius 3 is 2.35 bits per heavy atom. The van der Waals surface area contributed by atoms with E-state index in [2.05, 4.69) is 0 Å². The fraction of sp³-hybridized carbons (Fsp3) is 0.571. The SMILES string of the molecule is NC(Cc1ccc([N+](=O)[O-])cc1)C1CCC(F)(F)CC1. The molecule has 2 N–H and O–H groups in total. The van der Waals surface area contributed by atoms with E-state index in [1.165, 1.54) is 12.1 Å². The number of halogens is 2. The van der Waals surface area contributed by atoms with Crippen molar-refractivity contribution < 1.29 is 13.7 Å². The minimum absolute atomic E-state index is 0.0413. The van der Waals surface area contributed by atoms with Crippen molar-refractivity contribution in [2.45, 2.75) is 44.1 Å². The molecule has 0 amide bonds. The van der Waals surface area contributed by atoms with E-state index in [1.807, 2.05) is 0 Å². The number of nitro benzene ring substituents is 1. The second-order valence-corrected chi connectivity index (χ2v) is 5.48. The van der Waals surface area contributed by atoms with E-state index in [1.54, 1.807) is 12.1 Å². The Hall–Kier alpha value is -1.56. The molecular weight excluding hydrogens is 266 g/mol. The summed E-state index contributed by atoms with van der Waals surface area (Å²) in [5.74, 6) is -2.44. The second-order valence-electron chi connectivity index (χ2n) is 5.48. The average molecular weight is 284 g/mol. The summed E-state index contributed by atoms with van der Waals surface area (Å²) in [4.78, 5) is 10.1. The molecule has 0 bridgehead atoms. The molecule has 1 aromatic rings. The maximum Gasteiger partial charge on any atom is 0.269 e. The first-order valence-corrected chi connectivity index (χ1v) is 6.74. The first-order valence-electron chi connectivity index (χ1n) is 6.74. The van der Waals surface area contributed by atoms with Gasteiger partial charge in [-0.05, 0) is 30.7 Å². The topological polar surface area (TPSA) is 69.2 Å². The van der Waals surface area contributed by atoms with Crippen LogP contribution in [-0.4, -0.2) is 16.9 Å². The van der Waals surface area contributed by atoms with Crippen LogP contribution in [0.15, 0.2) is 24.3 Å². The molecule has 1 saturated carbocycles. The molecule has 0 aromatic heterocycles. The Bertz CT molecular complexity index is 467. The highest BCUT2D eigenvalue weighted by Gasteiger charge is 2.36. The Morgan fingerprint density at radius 2 is 1.85 bits per heavy atom. The highest BCUT2D eigenvalue weighted by molar-refractivity contribution is 5.33. The van der Waals surface area contributed by atoms with Crippen LogP contribution in [0.4, 0.5) is 14.5 Å². The van der Waals surface area contributed by atoms with Crippen molar-refractivity contribution in [3.05, 3.63) is 39.9 Å². The fourth-order valence-corrected chi connectivity index (χ4v) is 2.68. The Balaban J connectivity index is 1.91. The Kier molecular flexibility index (Phi) is 4.32. The average Bonchev–Trinajstić information content (AvgIpc) is 2.39. The maximum atomic E-state index is 13.1. The van der Waals surface area contributed by atoms with E-state index in [-0.39, 0.29) is 30.5 Å². The van der Waals surface area contributed by atoms with Gasteiger partial charge in [0.25, 0.3) is 5.69 Å². The van der Waals surface area contributed by atoms with Gasteiger partial charge in [0.2, 0.25) is 5.92 Å². The normalized spacial score (nSPS) is 20.6. The maximum absolute atomic E-state index is 13.1. The molecule has 6 heteroatoms. The zero-order valence-corrected chi connectivity index (χ0v) is 11.1. The van der Waals surface area contributed by atoms with Gasteiger partial charge in [-0.15, -0.1) is 0 Å². The van der Waals surface area contributed by atoms with Crippen LogP contribution in [0.25, 0.3) is 0 Å². The van der Waals surface area contributed by atoms with Crippen LogP contribution < -0.4 is 5.73 Å². The molecular formula is C14H18F2N2O2. The molecule has 20 heavy (non-hydrogen) atoms. The van der Waals surface area contributed by atoms with Crippen molar-refractivity contribution in [3.63, 3.8) is 0 Å². The zero-order valence-electron chi connectivity index (χ0n) is 11.1. The molecule has 0 heterocycles. The summed E-state index contributed by atoms with van der Waals surface area (Å²) in [5.41, 5.74) is 7.03. The molecule has 0 saturated heterocycles. The molecule has 4 nitrogen and oxygen atoms in total. The molecule has 1 atom stereocenters. The van der Waals surface area contributed by atoms with E-state index in [4.69, 9.17) is 5.73 Å². The van der Waals surface area contributed by atoms with Crippen LogP contribution in [0, 0.1) is 16.0 Å². The molecule has 0 radical (unpaired) electrons. The molecule has 110 valence electrons. The van der Waals surface area contributed by atoms with Gasteiger partial charge >= 0.3 is 0 Å². The molecule has 1 aromatic carbocycles. The van der Waals surface area contributed by atoms with Gasteiger partial charge in [0, 0.05) is 31.0 Å². The highest BCUT2D eigenvalue weighted by atomic mass is 19.3. The number of rotatable bonds is 4. The summed E-state index contributed by atoms with van der Waals surface area (Å²) in [6, 6.07) is 6.06. The smallest absolute Gasteiger partial charge is 0.269 e. The van der Waals surface area contributed by atoms with Gasteiger partial charge in [-0.25, -0.2) is 8.78 Å². The van der Waals surface area contributed by atoms with Crippen molar-refractivity contribution in [2.24, 2.45) is 11.7 Å². The third-order valence-electron chi connectivity index (χ3n) is 3.99. The molecule has 1 fully saturated rings. The van der Waals surface area contributed by atoms with Crippen LogP contribution in [0.2, 0.25) is 0 Å². The lowest BCUT2D eigenvalue weighted by molar-refractivity contribution is -0.384. The van der Waals surface area contributed by atoms with Crippen molar-refractivity contribution >= 4 is 5.69 Å².